The van der Waals surface area contributed by atoms with Crippen molar-refractivity contribution in [2.75, 3.05) is 11.6 Å². The fraction of sp³-hybridized carbons (Fsp3) is 0.0556. The summed E-state index contributed by atoms with van der Waals surface area (Å²) >= 11 is 0. The Morgan fingerprint density at radius 1 is 1.07 bits per heavy atom. The van der Waals surface area contributed by atoms with Crippen molar-refractivity contribution in [2.24, 2.45) is 0 Å². The second-order valence-electron chi connectivity index (χ2n) is 6.02. The van der Waals surface area contributed by atoms with Crippen LogP contribution in [0.15, 0.2) is 59.5 Å². The van der Waals surface area contributed by atoms with Gasteiger partial charge < -0.3 is 10.3 Å². The molecule has 0 aliphatic rings. The van der Waals surface area contributed by atoms with Crippen LogP contribution in [0.4, 0.5) is 5.82 Å². The minimum absolute atomic E-state index is 0.158. The minimum atomic E-state index is -3.30. The van der Waals surface area contributed by atoms with Crippen LogP contribution in [-0.2, 0) is 9.84 Å². The normalized spacial score (nSPS) is 11.6. The van der Waals surface area contributed by atoms with E-state index in [-0.39, 0.29) is 4.90 Å². The zero-order valence-electron chi connectivity index (χ0n) is 14.2. The molecule has 0 aliphatic heterocycles. The number of hydrogen-bond donors (Lipinski definition) is 3. The lowest BCUT2D eigenvalue weighted by Gasteiger charge is -2.03. The highest BCUT2D eigenvalue weighted by Gasteiger charge is 2.13. The van der Waals surface area contributed by atoms with Crippen LogP contribution < -0.4 is 5.32 Å². The number of carbonyl (C=O) groups excluding carboxylic acids is 1. The first kappa shape index (κ1) is 17.0. The number of amides is 1. The number of imidazole rings is 1. The van der Waals surface area contributed by atoms with Gasteiger partial charge >= 0.3 is 0 Å². The molecule has 27 heavy (non-hydrogen) atoms. The van der Waals surface area contributed by atoms with E-state index in [9.17, 15) is 13.2 Å². The number of para-hydroxylation sites is 2. The standard InChI is InChI=1S/C18H15N5O3S/c1-27(25,26)12-8-6-11(7-9-12)18(24)21-16-10-15(22-23-16)17-19-13-4-2-3-5-14(13)20-17/h2-10H,1H3,(H,19,20)(H2,21,22,23,24). The Hall–Kier alpha value is -3.46. The second kappa shape index (κ2) is 6.36. The van der Waals surface area contributed by atoms with E-state index in [0.717, 1.165) is 17.3 Å². The van der Waals surface area contributed by atoms with Gasteiger partial charge in [-0.3, -0.25) is 9.89 Å². The number of anilines is 1. The molecule has 3 N–H and O–H groups in total. The molecule has 2 aromatic heterocycles. The van der Waals surface area contributed by atoms with Gasteiger partial charge in [0.2, 0.25) is 0 Å². The first-order valence-corrected chi connectivity index (χ1v) is 9.91. The summed E-state index contributed by atoms with van der Waals surface area (Å²) in [5.74, 6) is 0.557. The van der Waals surface area contributed by atoms with Gasteiger partial charge in [-0.1, -0.05) is 12.1 Å². The van der Waals surface area contributed by atoms with Crippen molar-refractivity contribution in [1.82, 2.24) is 20.2 Å². The number of benzene rings is 2. The Morgan fingerprint density at radius 3 is 2.52 bits per heavy atom. The van der Waals surface area contributed by atoms with Gasteiger partial charge in [0.1, 0.15) is 5.69 Å². The molecule has 0 saturated heterocycles. The maximum atomic E-state index is 12.3. The summed E-state index contributed by atoms with van der Waals surface area (Å²) in [5.41, 5.74) is 2.70. The average Bonchev–Trinajstić information content (AvgIpc) is 3.27. The van der Waals surface area contributed by atoms with E-state index in [1.165, 1.54) is 24.3 Å². The fourth-order valence-corrected chi connectivity index (χ4v) is 3.26. The van der Waals surface area contributed by atoms with Crippen molar-refractivity contribution in [1.29, 1.82) is 0 Å². The SMILES string of the molecule is CS(=O)(=O)c1ccc(C(=O)Nc2cc(-c3nc4ccccc4[nH]3)[nH]n2)cc1. The summed E-state index contributed by atoms with van der Waals surface area (Å²) < 4.78 is 23.0. The maximum Gasteiger partial charge on any atom is 0.256 e. The molecule has 0 saturated carbocycles. The first-order chi connectivity index (χ1) is 12.9. The van der Waals surface area contributed by atoms with Crippen molar-refractivity contribution in [3.8, 4) is 11.5 Å². The fourth-order valence-electron chi connectivity index (χ4n) is 2.63. The number of carbonyl (C=O) groups is 1. The van der Waals surface area contributed by atoms with E-state index in [2.05, 4.69) is 25.5 Å². The monoisotopic (exact) mass is 381 g/mol. The summed E-state index contributed by atoms with van der Waals surface area (Å²) in [4.78, 5) is 20.1. The molecule has 4 rings (SSSR count). The van der Waals surface area contributed by atoms with E-state index in [1.807, 2.05) is 24.3 Å². The van der Waals surface area contributed by atoms with Crippen LogP contribution in [0.25, 0.3) is 22.6 Å². The van der Waals surface area contributed by atoms with Crippen LogP contribution in [-0.4, -0.2) is 40.7 Å². The molecule has 2 aromatic carbocycles. The minimum Gasteiger partial charge on any atom is -0.337 e. The molecule has 0 aliphatic carbocycles. The van der Waals surface area contributed by atoms with Crippen molar-refractivity contribution >= 4 is 32.6 Å². The topological polar surface area (TPSA) is 121 Å². The van der Waals surface area contributed by atoms with Crippen LogP contribution in [0, 0.1) is 0 Å². The molecule has 0 fully saturated rings. The van der Waals surface area contributed by atoms with Gasteiger partial charge in [0.15, 0.2) is 21.5 Å². The summed E-state index contributed by atoms with van der Waals surface area (Å²) in [6.07, 6.45) is 1.12. The third kappa shape index (κ3) is 3.44. The van der Waals surface area contributed by atoms with Gasteiger partial charge in [0.05, 0.1) is 15.9 Å². The summed E-state index contributed by atoms with van der Waals surface area (Å²) in [6.45, 7) is 0. The molecule has 0 spiro atoms. The molecule has 0 radical (unpaired) electrons. The zero-order chi connectivity index (χ0) is 19.0. The molecule has 8 nitrogen and oxygen atoms in total. The summed E-state index contributed by atoms with van der Waals surface area (Å²) in [6, 6.07) is 15.0. The quantitative estimate of drug-likeness (QED) is 0.502. The lowest BCUT2D eigenvalue weighted by atomic mass is 10.2. The van der Waals surface area contributed by atoms with Gasteiger partial charge in [-0.05, 0) is 36.4 Å². The third-order valence-corrected chi connectivity index (χ3v) is 5.14. The van der Waals surface area contributed by atoms with Crippen LogP contribution >= 0.6 is 0 Å². The first-order valence-electron chi connectivity index (χ1n) is 8.02. The van der Waals surface area contributed by atoms with Crippen LogP contribution in [0.1, 0.15) is 10.4 Å². The second-order valence-corrected chi connectivity index (χ2v) is 8.04. The highest BCUT2D eigenvalue weighted by molar-refractivity contribution is 7.90. The maximum absolute atomic E-state index is 12.3. The molecule has 0 atom stereocenters. The Balaban J connectivity index is 1.52. The van der Waals surface area contributed by atoms with Gasteiger partial charge in [0.25, 0.3) is 5.91 Å². The Kier molecular flexibility index (Phi) is 4.00. The van der Waals surface area contributed by atoms with Crippen LogP contribution in [0.5, 0.6) is 0 Å². The number of rotatable bonds is 4. The highest BCUT2D eigenvalue weighted by Crippen LogP contribution is 2.21. The third-order valence-electron chi connectivity index (χ3n) is 4.01. The Morgan fingerprint density at radius 2 is 1.81 bits per heavy atom. The number of H-pyrrole nitrogens is 2. The van der Waals surface area contributed by atoms with E-state index in [1.54, 1.807) is 6.07 Å². The number of aromatic amines is 2. The number of nitrogens with zero attached hydrogens (tertiary/aromatic N) is 2. The Bertz CT molecular complexity index is 1210. The largest absolute Gasteiger partial charge is 0.337 e. The molecule has 0 unspecified atom stereocenters. The van der Waals surface area contributed by atoms with Crippen molar-refractivity contribution in [3.05, 3.63) is 60.2 Å². The van der Waals surface area contributed by atoms with Crippen molar-refractivity contribution < 1.29 is 13.2 Å². The molecule has 9 heteroatoms. The van der Waals surface area contributed by atoms with Gasteiger partial charge in [0, 0.05) is 17.9 Å². The molecule has 4 aromatic rings. The smallest absolute Gasteiger partial charge is 0.256 e. The number of sulfone groups is 1. The molecule has 0 bridgehead atoms. The summed E-state index contributed by atoms with van der Waals surface area (Å²) in [5, 5.41) is 9.57. The predicted octanol–water partition coefficient (Wildman–Crippen LogP) is 2.61. The van der Waals surface area contributed by atoms with Crippen LogP contribution in [0.3, 0.4) is 0 Å². The highest BCUT2D eigenvalue weighted by atomic mass is 32.2. The molecule has 2 heterocycles. The van der Waals surface area contributed by atoms with Crippen molar-refractivity contribution in [2.45, 2.75) is 4.90 Å². The molecular formula is C18H15N5O3S. The lowest BCUT2D eigenvalue weighted by Crippen LogP contribution is -2.12. The predicted molar refractivity (Wildman–Crippen MR) is 101 cm³/mol. The molecule has 1 amide bonds. The van der Waals surface area contributed by atoms with E-state index >= 15 is 0 Å². The summed E-state index contributed by atoms with van der Waals surface area (Å²) in [7, 11) is -3.30. The average molecular weight is 381 g/mol. The van der Waals surface area contributed by atoms with Crippen LogP contribution in [0.2, 0.25) is 0 Å². The molecular weight excluding hydrogens is 366 g/mol. The number of hydrogen-bond acceptors (Lipinski definition) is 5. The zero-order valence-corrected chi connectivity index (χ0v) is 15.0. The van der Waals surface area contributed by atoms with E-state index in [4.69, 9.17) is 0 Å². The number of fused-ring (bicyclic) bond motifs is 1. The van der Waals surface area contributed by atoms with Gasteiger partial charge in [-0.15, -0.1) is 0 Å². The van der Waals surface area contributed by atoms with Gasteiger partial charge in [-0.2, -0.15) is 5.10 Å². The van der Waals surface area contributed by atoms with Crippen molar-refractivity contribution in [3.63, 3.8) is 0 Å². The number of aromatic nitrogens is 4. The Labute approximate surface area is 154 Å². The van der Waals surface area contributed by atoms with E-state index in [0.29, 0.717) is 22.9 Å². The lowest BCUT2D eigenvalue weighted by molar-refractivity contribution is 0.102. The molecule has 136 valence electrons. The van der Waals surface area contributed by atoms with E-state index < -0.39 is 15.7 Å². The number of nitrogens with one attached hydrogen (secondary N) is 3. The van der Waals surface area contributed by atoms with Gasteiger partial charge in [-0.25, -0.2) is 13.4 Å².